The third kappa shape index (κ3) is 9.16. The van der Waals surface area contributed by atoms with E-state index in [2.05, 4.69) is 0 Å². The second-order valence-corrected chi connectivity index (χ2v) is 10.0. The van der Waals surface area contributed by atoms with E-state index in [1.54, 1.807) is 47.2 Å². The van der Waals surface area contributed by atoms with Crippen LogP contribution in [-0.4, -0.2) is 79.0 Å². The van der Waals surface area contributed by atoms with Gasteiger partial charge in [0.2, 0.25) is 5.91 Å². The minimum atomic E-state index is -0.332. The van der Waals surface area contributed by atoms with E-state index < -0.39 is 0 Å². The van der Waals surface area contributed by atoms with Crippen LogP contribution >= 0.6 is 23.2 Å². The fourth-order valence-corrected chi connectivity index (χ4v) is 4.41. The Morgan fingerprint density at radius 1 is 1.00 bits per heavy atom. The molecule has 39 heavy (non-hydrogen) atoms. The number of benzene rings is 2. The zero-order valence-corrected chi connectivity index (χ0v) is 23.4. The third-order valence-electron chi connectivity index (χ3n) is 6.54. The van der Waals surface area contributed by atoms with Crippen molar-refractivity contribution in [3.8, 4) is 0 Å². The minimum Gasteiger partial charge on any atom is -0.394 e. The smallest absolute Gasteiger partial charge is 0.269 e. The Bertz CT molecular complexity index is 1160. The molecule has 2 saturated heterocycles. The number of nitrogens with zero attached hydrogens (tertiary/aromatic N) is 3. The SMILES string of the molecule is CN(C(=O)Cc1ccc(F)cc1)C1CCN(C(=O)/C(N)=C/C=C(\N)N2CCOCC2)C1.Clc1ccccc1Cl. The number of nitrogens with two attached hydrogens (primary N) is 2. The van der Waals surface area contributed by atoms with Crippen molar-refractivity contribution in [2.24, 2.45) is 11.5 Å². The summed E-state index contributed by atoms with van der Waals surface area (Å²) in [5.41, 5.74) is 12.9. The van der Waals surface area contributed by atoms with Crippen LogP contribution in [-0.2, 0) is 20.7 Å². The van der Waals surface area contributed by atoms with Crippen LogP contribution in [0.4, 0.5) is 4.39 Å². The van der Waals surface area contributed by atoms with Crippen LogP contribution < -0.4 is 11.5 Å². The van der Waals surface area contributed by atoms with Crippen molar-refractivity contribution in [1.82, 2.24) is 14.7 Å². The molecule has 2 amide bonds. The highest BCUT2D eigenvalue weighted by atomic mass is 35.5. The number of allylic oxidation sites excluding steroid dienone is 2. The molecule has 0 aromatic heterocycles. The molecule has 8 nitrogen and oxygen atoms in total. The van der Waals surface area contributed by atoms with Crippen LogP contribution in [0.2, 0.25) is 10.0 Å². The standard InChI is InChI=1S/C22H30FN5O3.C6H4Cl2/c1-26(21(29)14-16-2-4-17(23)5-3-16)18-8-9-28(15-18)22(30)19(24)6-7-20(25)27-10-12-31-13-11-27;7-5-3-1-2-4-6(5)8/h2-7,18H,8-15,24-25H2,1H3;1-4H/b19-6-,20-7+;. The molecule has 0 aliphatic carbocycles. The molecule has 0 spiro atoms. The molecule has 1 unspecified atom stereocenters. The van der Waals surface area contributed by atoms with Crippen molar-refractivity contribution in [1.29, 1.82) is 0 Å². The van der Waals surface area contributed by atoms with Crippen molar-refractivity contribution < 1.29 is 18.7 Å². The van der Waals surface area contributed by atoms with Gasteiger partial charge in [0.15, 0.2) is 0 Å². The number of amides is 2. The molecule has 4 rings (SSSR count). The van der Waals surface area contributed by atoms with E-state index >= 15 is 0 Å². The quantitative estimate of drug-likeness (QED) is 0.402. The molecular formula is C28H34Cl2FN5O3. The summed E-state index contributed by atoms with van der Waals surface area (Å²) in [6.45, 7) is 3.59. The summed E-state index contributed by atoms with van der Waals surface area (Å²) >= 11 is 11.2. The molecule has 2 heterocycles. The maximum absolute atomic E-state index is 13.0. The van der Waals surface area contributed by atoms with Crippen molar-refractivity contribution >= 4 is 35.0 Å². The van der Waals surface area contributed by atoms with E-state index in [9.17, 15) is 14.0 Å². The molecule has 2 aromatic carbocycles. The number of morpholine rings is 1. The average Bonchev–Trinajstić information content (AvgIpc) is 3.44. The molecule has 2 aromatic rings. The Hall–Kier alpha value is -3.27. The van der Waals surface area contributed by atoms with Crippen molar-refractivity contribution in [2.45, 2.75) is 18.9 Å². The molecule has 1 atom stereocenters. The van der Waals surface area contributed by atoms with E-state index in [1.807, 2.05) is 17.0 Å². The minimum absolute atomic E-state index is 0.0735. The van der Waals surface area contributed by atoms with Gasteiger partial charge in [0.25, 0.3) is 5.91 Å². The predicted molar refractivity (Wildman–Crippen MR) is 151 cm³/mol. The second kappa shape index (κ2) is 14.8. The Labute approximate surface area is 238 Å². The first-order valence-electron chi connectivity index (χ1n) is 12.6. The topological polar surface area (TPSA) is 105 Å². The molecule has 0 bridgehead atoms. The average molecular weight is 579 g/mol. The van der Waals surface area contributed by atoms with Gasteiger partial charge in [0, 0.05) is 33.2 Å². The third-order valence-corrected chi connectivity index (χ3v) is 7.30. The lowest BCUT2D eigenvalue weighted by Crippen LogP contribution is -2.41. The van der Waals surface area contributed by atoms with Crippen LogP contribution in [0.3, 0.4) is 0 Å². The Balaban J connectivity index is 0.000000449. The number of likely N-dealkylation sites (tertiary alicyclic amines) is 1. The van der Waals surface area contributed by atoms with Crippen molar-refractivity contribution in [3.05, 3.63) is 93.6 Å². The number of hydrogen-bond acceptors (Lipinski definition) is 6. The molecule has 11 heteroatoms. The van der Waals surface area contributed by atoms with Crippen LogP contribution in [0.25, 0.3) is 0 Å². The molecular weight excluding hydrogens is 544 g/mol. The summed E-state index contributed by atoms with van der Waals surface area (Å²) < 4.78 is 18.3. The molecule has 0 radical (unpaired) electrons. The van der Waals surface area contributed by atoms with Crippen LogP contribution in [0, 0.1) is 5.82 Å². The zero-order chi connectivity index (χ0) is 28.4. The maximum Gasteiger partial charge on any atom is 0.269 e. The van der Waals surface area contributed by atoms with Crippen LogP contribution in [0.1, 0.15) is 12.0 Å². The summed E-state index contributed by atoms with van der Waals surface area (Å²) in [5.74, 6) is -0.130. The lowest BCUT2D eigenvalue weighted by atomic mass is 10.1. The number of ether oxygens (including phenoxy) is 1. The monoisotopic (exact) mass is 577 g/mol. The Morgan fingerprint density at radius 3 is 2.21 bits per heavy atom. The number of halogens is 3. The molecule has 2 aliphatic heterocycles. The van der Waals surface area contributed by atoms with E-state index in [0.29, 0.717) is 61.7 Å². The van der Waals surface area contributed by atoms with Crippen LogP contribution in [0.15, 0.2) is 72.2 Å². The molecule has 2 aliphatic rings. The van der Waals surface area contributed by atoms with Crippen LogP contribution in [0.5, 0.6) is 0 Å². The summed E-state index contributed by atoms with van der Waals surface area (Å²) in [7, 11) is 1.73. The first kappa shape index (κ1) is 30.3. The molecule has 2 fully saturated rings. The number of likely N-dealkylation sites (N-methyl/N-ethyl adjacent to an activating group) is 1. The Kier molecular flexibility index (Phi) is 11.5. The highest BCUT2D eigenvalue weighted by molar-refractivity contribution is 6.41. The largest absolute Gasteiger partial charge is 0.394 e. The number of hydrogen-bond donors (Lipinski definition) is 2. The van der Waals surface area contributed by atoms with Crippen molar-refractivity contribution in [2.75, 3.05) is 46.4 Å². The lowest BCUT2D eigenvalue weighted by Gasteiger charge is -2.28. The first-order chi connectivity index (χ1) is 18.7. The summed E-state index contributed by atoms with van der Waals surface area (Å²) in [4.78, 5) is 30.6. The highest BCUT2D eigenvalue weighted by Crippen LogP contribution is 2.19. The van der Waals surface area contributed by atoms with Gasteiger partial charge >= 0.3 is 0 Å². The summed E-state index contributed by atoms with van der Waals surface area (Å²) in [5, 5.41) is 1.21. The second-order valence-electron chi connectivity index (χ2n) is 9.23. The van der Waals surface area contributed by atoms with Gasteiger partial charge in [-0.05, 0) is 48.4 Å². The number of carbonyl (C=O) groups is 2. The summed E-state index contributed by atoms with van der Waals surface area (Å²) in [6.07, 6.45) is 4.04. The van der Waals surface area contributed by atoms with E-state index in [1.165, 1.54) is 18.2 Å². The fraction of sp³-hybridized carbons (Fsp3) is 0.357. The van der Waals surface area contributed by atoms with Gasteiger partial charge in [0.1, 0.15) is 5.82 Å². The van der Waals surface area contributed by atoms with Gasteiger partial charge in [-0.1, -0.05) is 47.5 Å². The van der Waals surface area contributed by atoms with Gasteiger partial charge in [0.05, 0.1) is 47.2 Å². The maximum atomic E-state index is 13.0. The zero-order valence-electron chi connectivity index (χ0n) is 21.9. The summed E-state index contributed by atoms with van der Waals surface area (Å²) in [6, 6.07) is 13.0. The number of carbonyl (C=O) groups excluding carboxylic acids is 2. The lowest BCUT2D eigenvalue weighted by molar-refractivity contribution is -0.132. The normalized spacial score (nSPS) is 17.9. The highest BCUT2D eigenvalue weighted by Gasteiger charge is 2.31. The van der Waals surface area contributed by atoms with Gasteiger partial charge < -0.3 is 30.9 Å². The van der Waals surface area contributed by atoms with Crippen molar-refractivity contribution in [3.63, 3.8) is 0 Å². The van der Waals surface area contributed by atoms with E-state index in [0.717, 1.165) is 5.56 Å². The molecule has 210 valence electrons. The van der Waals surface area contributed by atoms with Gasteiger partial charge in [-0.25, -0.2) is 4.39 Å². The fourth-order valence-electron chi connectivity index (χ4n) is 4.14. The van der Waals surface area contributed by atoms with Gasteiger partial charge in [-0.15, -0.1) is 0 Å². The van der Waals surface area contributed by atoms with E-state index in [-0.39, 0.29) is 35.8 Å². The predicted octanol–water partition coefficient (Wildman–Crippen LogP) is 3.40. The van der Waals surface area contributed by atoms with E-state index in [4.69, 9.17) is 39.4 Å². The van der Waals surface area contributed by atoms with Gasteiger partial charge in [-0.3, -0.25) is 9.59 Å². The Morgan fingerprint density at radius 2 is 1.62 bits per heavy atom. The first-order valence-corrected chi connectivity index (χ1v) is 13.4. The number of rotatable bonds is 6. The molecule has 0 saturated carbocycles. The van der Waals surface area contributed by atoms with Gasteiger partial charge in [-0.2, -0.15) is 0 Å². The molecule has 4 N–H and O–H groups in total.